The van der Waals surface area contributed by atoms with Crippen LogP contribution in [0.15, 0.2) is 11.8 Å². The van der Waals surface area contributed by atoms with E-state index >= 15 is 0 Å². The summed E-state index contributed by atoms with van der Waals surface area (Å²) in [7, 11) is 0. The number of nitrogens with zero attached hydrogens (tertiary/aromatic N) is 2. The Bertz CT molecular complexity index is 307. The number of hydrogen-bond acceptors (Lipinski definition) is 1. The maximum atomic E-state index is 4.31. The minimum Gasteiger partial charge on any atom is -0.308 e. The summed E-state index contributed by atoms with van der Waals surface area (Å²) in [4.78, 5) is 4.31. The van der Waals surface area contributed by atoms with Crippen LogP contribution in [-0.2, 0) is 6.42 Å². The van der Waals surface area contributed by atoms with Crippen molar-refractivity contribution in [3.63, 3.8) is 0 Å². The van der Waals surface area contributed by atoms with Crippen LogP contribution in [0.4, 0.5) is 0 Å². The highest BCUT2D eigenvalue weighted by molar-refractivity contribution is 5.37. The third-order valence-corrected chi connectivity index (χ3v) is 2.15. The molecule has 1 aliphatic rings. The molecule has 0 aromatic carbocycles. The van der Waals surface area contributed by atoms with Gasteiger partial charge in [-0.3, -0.25) is 0 Å². The quantitative estimate of drug-likeness (QED) is 0.550. The van der Waals surface area contributed by atoms with Gasteiger partial charge < -0.3 is 4.57 Å². The Morgan fingerprint density at radius 3 is 3.00 bits per heavy atom. The maximum Gasteiger partial charge on any atom is 0.113 e. The van der Waals surface area contributed by atoms with Crippen LogP contribution in [0.3, 0.4) is 0 Å². The van der Waals surface area contributed by atoms with E-state index in [4.69, 9.17) is 0 Å². The first kappa shape index (κ1) is 6.65. The van der Waals surface area contributed by atoms with E-state index in [2.05, 4.69) is 29.6 Å². The first-order valence-electron chi connectivity index (χ1n) is 3.97. The summed E-state index contributed by atoms with van der Waals surface area (Å²) < 4.78 is 2.18. The molecular formula is C9H12N2. The van der Waals surface area contributed by atoms with Gasteiger partial charge in [0.1, 0.15) is 5.82 Å². The molecule has 0 amide bonds. The molecule has 2 heterocycles. The number of imidazole rings is 1. The Morgan fingerprint density at radius 1 is 1.36 bits per heavy atom. The standard InChI is InChI=1S/C9H12N2/c1-7-3-4-9-10-5-8(2)11(9)6-7/h5-6H,3-4H2,1-2H3. The highest BCUT2D eigenvalue weighted by Crippen LogP contribution is 2.17. The van der Waals surface area contributed by atoms with E-state index in [1.165, 1.54) is 17.1 Å². The lowest BCUT2D eigenvalue weighted by molar-refractivity contribution is 0.795. The van der Waals surface area contributed by atoms with E-state index in [1.807, 2.05) is 6.20 Å². The highest BCUT2D eigenvalue weighted by atomic mass is 15.1. The summed E-state index contributed by atoms with van der Waals surface area (Å²) in [6.45, 7) is 4.26. The average molecular weight is 148 g/mol. The monoisotopic (exact) mass is 148 g/mol. The van der Waals surface area contributed by atoms with E-state index in [0.29, 0.717) is 0 Å². The molecule has 0 radical (unpaired) electrons. The molecule has 1 aliphatic heterocycles. The van der Waals surface area contributed by atoms with Gasteiger partial charge in [-0.25, -0.2) is 4.98 Å². The lowest BCUT2D eigenvalue weighted by atomic mass is 10.1. The van der Waals surface area contributed by atoms with Gasteiger partial charge >= 0.3 is 0 Å². The largest absolute Gasteiger partial charge is 0.308 e. The van der Waals surface area contributed by atoms with Crippen LogP contribution in [-0.4, -0.2) is 9.55 Å². The topological polar surface area (TPSA) is 17.8 Å². The van der Waals surface area contributed by atoms with Crippen molar-refractivity contribution in [1.29, 1.82) is 0 Å². The zero-order valence-electron chi connectivity index (χ0n) is 6.96. The van der Waals surface area contributed by atoms with Gasteiger partial charge in [0, 0.05) is 24.5 Å². The van der Waals surface area contributed by atoms with Crippen LogP contribution in [0.2, 0.25) is 0 Å². The number of hydrogen-bond donors (Lipinski definition) is 0. The summed E-state index contributed by atoms with van der Waals surface area (Å²) in [5.74, 6) is 1.20. The smallest absolute Gasteiger partial charge is 0.113 e. The first-order valence-corrected chi connectivity index (χ1v) is 3.97. The van der Waals surface area contributed by atoms with Crippen molar-refractivity contribution in [3.8, 4) is 0 Å². The highest BCUT2D eigenvalue weighted by Gasteiger charge is 2.09. The van der Waals surface area contributed by atoms with Crippen molar-refractivity contribution < 1.29 is 0 Å². The predicted molar refractivity (Wildman–Crippen MR) is 45.2 cm³/mol. The molecule has 0 aliphatic carbocycles. The molecule has 1 aromatic heterocycles. The third-order valence-electron chi connectivity index (χ3n) is 2.15. The predicted octanol–water partition coefficient (Wildman–Crippen LogP) is 2.00. The minimum absolute atomic E-state index is 1.09. The Hall–Kier alpha value is -1.05. The van der Waals surface area contributed by atoms with Gasteiger partial charge in [-0.1, -0.05) is 5.57 Å². The molecule has 0 spiro atoms. The van der Waals surface area contributed by atoms with E-state index in [1.54, 1.807) is 0 Å². The summed E-state index contributed by atoms with van der Waals surface area (Å²) in [5.41, 5.74) is 2.68. The fourth-order valence-corrected chi connectivity index (χ4v) is 1.45. The minimum atomic E-state index is 1.09. The zero-order chi connectivity index (χ0) is 7.84. The van der Waals surface area contributed by atoms with Crippen molar-refractivity contribution in [2.75, 3.05) is 0 Å². The number of allylic oxidation sites excluding steroid dienone is 1. The molecule has 1 aromatic rings. The summed E-state index contributed by atoms with van der Waals surface area (Å²) in [5, 5.41) is 0. The third kappa shape index (κ3) is 0.985. The summed E-state index contributed by atoms with van der Waals surface area (Å²) >= 11 is 0. The van der Waals surface area contributed by atoms with Crippen LogP contribution < -0.4 is 0 Å². The van der Waals surface area contributed by atoms with E-state index in [9.17, 15) is 0 Å². The molecule has 0 N–H and O–H groups in total. The van der Waals surface area contributed by atoms with Gasteiger partial charge in [-0.15, -0.1) is 0 Å². The number of aromatic nitrogens is 2. The Balaban J connectivity index is 2.55. The second-order valence-electron chi connectivity index (χ2n) is 3.16. The van der Waals surface area contributed by atoms with E-state index in [-0.39, 0.29) is 0 Å². The zero-order valence-corrected chi connectivity index (χ0v) is 6.96. The Morgan fingerprint density at radius 2 is 2.18 bits per heavy atom. The van der Waals surface area contributed by atoms with Crippen molar-refractivity contribution in [2.24, 2.45) is 0 Å². The lowest BCUT2D eigenvalue weighted by Gasteiger charge is -2.12. The van der Waals surface area contributed by atoms with Crippen LogP contribution >= 0.6 is 0 Å². The van der Waals surface area contributed by atoms with Crippen LogP contribution in [0, 0.1) is 6.92 Å². The fourth-order valence-electron chi connectivity index (χ4n) is 1.45. The maximum absolute atomic E-state index is 4.31. The van der Waals surface area contributed by atoms with Gasteiger partial charge in [0.2, 0.25) is 0 Å². The van der Waals surface area contributed by atoms with E-state index < -0.39 is 0 Å². The van der Waals surface area contributed by atoms with Crippen LogP contribution in [0.5, 0.6) is 0 Å². The lowest BCUT2D eigenvalue weighted by Crippen LogP contribution is -2.04. The molecule has 2 heteroatoms. The second kappa shape index (κ2) is 2.22. The Labute approximate surface area is 66.6 Å². The van der Waals surface area contributed by atoms with Gasteiger partial charge in [0.05, 0.1) is 0 Å². The normalized spacial score (nSPS) is 16.0. The van der Waals surface area contributed by atoms with Gasteiger partial charge in [-0.05, 0) is 20.3 Å². The molecule has 2 nitrogen and oxygen atoms in total. The Kier molecular flexibility index (Phi) is 1.34. The molecule has 0 saturated carbocycles. The van der Waals surface area contributed by atoms with Crippen molar-refractivity contribution in [2.45, 2.75) is 26.7 Å². The van der Waals surface area contributed by atoms with Crippen LogP contribution in [0.1, 0.15) is 24.9 Å². The molecule has 0 atom stereocenters. The van der Waals surface area contributed by atoms with Gasteiger partial charge in [-0.2, -0.15) is 0 Å². The average Bonchev–Trinajstić information content (AvgIpc) is 2.33. The molecule has 11 heavy (non-hydrogen) atoms. The van der Waals surface area contributed by atoms with Gasteiger partial charge in [0.25, 0.3) is 0 Å². The molecule has 0 saturated heterocycles. The van der Waals surface area contributed by atoms with Crippen molar-refractivity contribution in [3.05, 3.63) is 23.3 Å². The second-order valence-corrected chi connectivity index (χ2v) is 3.16. The number of fused-ring (bicyclic) bond motifs is 1. The first-order chi connectivity index (χ1) is 5.27. The SMILES string of the molecule is CC1=Cn2c(C)cnc2CC1. The summed E-state index contributed by atoms with van der Waals surface area (Å²) in [6.07, 6.45) is 6.37. The fraction of sp³-hybridized carbons (Fsp3) is 0.444. The van der Waals surface area contributed by atoms with E-state index in [0.717, 1.165) is 12.8 Å². The molecule has 58 valence electrons. The van der Waals surface area contributed by atoms with Gasteiger partial charge in [0.15, 0.2) is 0 Å². The summed E-state index contributed by atoms with van der Waals surface area (Å²) in [6, 6.07) is 0. The van der Waals surface area contributed by atoms with Crippen molar-refractivity contribution in [1.82, 2.24) is 9.55 Å². The van der Waals surface area contributed by atoms with Crippen LogP contribution in [0.25, 0.3) is 6.20 Å². The molecule has 2 rings (SSSR count). The molecular weight excluding hydrogens is 136 g/mol. The molecule has 0 bridgehead atoms. The molecule has 0 unspecified atom stereocenters. The van der Waals surface area contributed by atoms with Crippen molar-refractivity contribution >= 4 is 6.20 Å². The number of rotatable bonds is 0. The molecule has 0 fully saturated rings. The number of aryl methyl sites for hydroxylation is 2.